The minimum Gasteiger partial charge on any atom is -0.322 e. The van der Waals surface area contributed by atoms with Gasteiger partial charge in [0.05, 0.1) is 22.4 Å². The Labute approximate surface area is 120 Å². The molecule has 102 valence electrons. The summed E-state index contributed by atoms with van der Waals surface area (Å²) in [5.74, 6) is -0.218. The van der Waals surface area contributed by atoms with Crippen LogP contribution in [0.2, 0.25) is 0 Å². The molecule has 19 heavy (non-hydrogen) atoms. The summed E-state index contributed by atoms with van der Waals surface area (Å²) >= 11 is 3.46. The molecule has 0 aliphatic carbocycles. The van der Waals surface area contributed by atoms with Crippen molar-refractivity contribution in [3.05, 3.63) is 52.0 Å². The summed E-state index contributed by atoms with van der Waals surface area (Å²) in [6.07, 6.45) is 2.18. The molecule has 0 saturated heterocycles. The van der Waals surface area contributed by atoms with E-state index in [1.807, 2.05) is 24.6 Å². The number of hydrogen-bond donors (Lipinski definition) is 1. The molecule has 0 bridgehead atoms. The molecular formula is C14H17BrFN3. The van der Waals surface area contributed by atoms with E-state index >= 15 is 0 Å². The molecular weight excluding hydrogens is 309 g/mol. The van der Waals surface area contributed by atoms with Crippen molar-refractivity contribution in [3.8, 4) is 0 Å². The predicted octanol–water partition coefficient (Wildman–Crippen LogP) is 3.61. The summed E-state index contributed by atoms with van der Waals surface area (Å²) in [4.78, 5) is 0. The van der Waals surface area contributed by atoms with Crippen molar-refractivity contribution >= 4 is 15.9 Å². The van der Waals surface area contributed by atoms with Crippen molar-refractivity contribution in [2.75, 3.05) is 0 Å². The highest BCUT2D eigenvalue weighted by molar-refractivity contribution is 9.10. The van der Waals surface area contributed by atoms with Crippen LogP contribution in [0.4, 0.5) is 4.39 Å². The van der Waals surface area contributed by atoms with Gasteiger partial charge >= 0.3 is 0 Å². The van der Waals surface area contributed by atoms with Crippen LogP contribution in [0.5, 0.6) is 0 Å². The first-order chi connectivity index (χ1) is 9.00. The molecule has 2 aromatic rings. The molecule has 0 radical (unpaired) electrons. The summed E-state index contributed by atoms with van der Waals surface area (Å²) in [5.41, 5.74) is 7.75. The van der Waals surface area contributed by atoms with Crippen LogP contribution in [0.3, 0.4) is 0 Å². The predicted molar refractivity (Wildman–Crippen MR) is 77.3 cm³/mol. The number of hydrogen-bond acceptors (Lipinski definition) is 2. The van der Waals surface area contributed by atoms with Gasteiger partial charge in [0.1, 0.15) is 5.82 Å². The summed E-state index contributed by atoms with van der Waals surface area (Å²) in [5, 5.41) is 4.30. The van der Waals surface area contributed by atoms with Gasteiger partial charge in [0, 0.05) is 6.04 Å². The lowest BCUT2D eigenvalue weighted by molar-refractivity contribution is 0.481. The summed E-state index contributed by atoms with van der Waals surface area (Å²) < 4.78 is 16.4. The molecule has 5 heteroatoms. The summed E-state index contributed by atoms with van der Waals surface area (Å²) in [7, 11) is 0. The highest BCUT2D eigenvalue weighted by Gasteiger charge is 2.19. The van der Waals surface area contributed by atoms with Crippen LogP contribution in [0, 0.1) is 5.82 Å². The van der Waals surface area contributed by atoms with Crippen LogP contribution in [0.15, 0.2) is 34.9 Å². The molecule has 0 aliphatic rings. The quantitative estimate of drug-likeness (QED) is 0.933. The zero-order valence-electron chi connectivity index (χ0n) is 11.0. The fourth-order valence-corrected chi connectivity index (χ4v) is 2.67. The molecule has 0 amide bonds. The molecule has 0 aliphatic heterocycles. The minimum absolute atomic E-state index is 0.216. The second kappa shape index (κ2) is 5.84. The Kier molecular flexibility index (Phi) is 4.37. The monoisotopic (exact) mass is 325 g/mol. The zero-order chi connectivity index (χ0) is 14.0. The summed E-state index contributed by atoms with van der Waals surface area (Å²) in [6.45, 7) is 4.08. The van der Waals surface area contributed by atoms with Crippen LogP contribution in [0.25, 0.3) is 0 Å². The Hall–Kier alpha value is -1.20. The Morgan fingerprint density at radius 2 is 2.05 bits per heavy atom. The first-order valence-electron chi connectivity index (χ1n) is 6.22. The van der Waals surface area contributed by atoms with Gasteiger partial charge in [0.15, 0.2) is 0 Å². The fraction of sp³-hybridized carbons (Fsp3) is 0.357. The van der Waals surface area contributed by atoms with Crippen LogP contribution < -0.4 is 5.73 Å². The van der Waals surface area contributed by atoms with E-state index in [1.54, 1.807) is 18.3 Å². The van der Waals surface area contributed by atoms with E-state index in [1.165, 1.54) is 6.07 Å². The van der Waals surface area contributed by atoms with Gasteiger partial charge in [-0.2, -0.15) is 5.10 Å². The third-order valence-corrected chi connectivity index (χ3v) is 3.64. The van der Waals surface area contributed by atoms with E-state index in [9.17, 15) is 4.39 Å². The number of nitrogens with two attached hydrogens (primary N) is 1. The van der Waals surface area contributed by atoms with E-state index in [-0.39, 0.29) is 17.9 Å². The Balaban J connectivity index is 2.28. The van der Waals surface area contributed by atoms with Crippen molar-refractivity contribution < 1.29 is 4.39 Å². The SMILES string of the molecule is CC(C)n1ncc(Br)c1C(N)Cc1ccccc1F. The molecule has 1 aromatic heterocycles. The number of rotatable bonds is 4. The van der Waals surface area contributed by atoms with Crippen molar-refractivity contribution in [2.24, 2.45) is 5.73 Å². The van der Waals surface area contributed by atoms with Crippen LogP contribution in [0.1, 0.15) is 37.2 Å². The summed E-state index contributed by atoms with van der Waals surface area (Å²) in [6, 6.07) is 6.64. The van der Waals surface area contributed by atoms with E-state index in [4.69, 9.17) is 5.73 Å². The highest BCUT2D eigenvalue weighted by Crippen LogP contribution is 2.27. The molecule has 1 aromatic carbocycles. The Morgan fingerprint density at radius 3 is 2.68 bits per heavy atom. The Morgan fingerprint density at radius 1 is 1.37 bits per heavy atom. The molecule has 0 saturated carbocycles. The van der Waals surface area contributed by atoms with Gasteiger partial charge in [-0.3, -0.25) is 4.68 Å². The van der Waals surface area contributed by atoms with Crippen LogP contribution >= 0.6 is 15.9 Å². The van der Waals surface area contributed by atoms with Gasteiger partial charge in [0.2, 0.25) is 0 Å². The number of halogens is 2. The maximum atomic E-state index is 13.7. The standard InChI is InChI=1S/C14H17BrFN3/c1-9(2)19-14(11(15)8-18-19)13(17)7-10-5-3-4-6-12(10)16/h3-6,8-9,13H,7,17H2,1-2H3. The lowest BCUT2D eigenvalue weighted by Gasteiger charge is -2.17. The lowest BCUT2D eigenvalue weighted by atomic mass is 10.0. The van der Waals surface area contributed by atoms with E-state index in [0.29, 0.717) is 12.0 Å². The van der Waals surface area contributed by atoms with Crippen molar-refractivity contribution in [3.63, 3.8) is 0 Å². The molecule has 0 fully saturated rings. The fourth-order valence-electron chi connectivity index (χ4n) is 2.11. The van der Waals surface area contributed by atoms with Gasteiger partial charge in [-0.15, -0.1) is 0 Å². The van der Waals surface area contributed by atoms with Crippen molar-refractivity contribution in [1.82, 2.24) is 9.78 Å². The first kappa shape index (κ1) is 14.2. The minimum atomic E-state index is -0.295. The van der Waals surface area contributed by atoms with Crippen LogP contribution in [-0.2, 0) is 6.42 Å². The molecule has 3 nitrogen and oxygen atoms in total. The number of aromatic nitrogens is 2. The molecule has 0 spiro atoms. The topological polar surface area (TPSA) is 43.8 Å². The third kappa shape index (κ3) is 3.04. The maximum absolute atomic E-state index is 13.7. The molecule has 2 rings (SSSR count). The highest BCUT2D eigenvalue weighted by atomic mass is 79.9. The first-order valence-corrected chi connectivity index (χ1v) is 7.02. The average molecular weight is 326 g/mol. The zero-order valence-corrected chi connectivity index (χ0v) is 12.6. The van der Waals surface area contributed by atoms with E-state index in [2.05, 4.69) is 21.0 Å². The Bertz CT molecular complexity index is 566. The molecule has 2 N–H and O–H groups in total. The van der Waals surface area contributed by atoms with Gasteiger partial charge in [-0.25, -0.2) is 4.39 Å². The smallest absolute Gasteiger partial charge is 0.126 e. The van der Waals surface area contributed by atoms with Gasteiger partial charge in [-0.1, -0.05) is 18.2 Å². The average Bonchev–Trinajstić information content (AvgIpc) is 2.74. The second-order valence-electron chi connectivity index (χ2n) is 4.82. The molecule has 1 atom stereocenters. The number of nitrogens with zero attached hydrogens (tertiary/aromatic N) is 2. The number of benzene rings is 1. The molecule has 1 unspecified atom stereocenters. The van der Waals surface area contributed by atoms with Gasteiger partial charge < -0.3 is 5.73 Å². The van der Waals surface area contributed by atoms with Gasteiger partial charge in [-0.05, 0) is 47.8 Å². The van der Waals surface area contributed by atoms with Gasteiger partial charge in [0.25, 0.3) is 0 Å². The van der Waals surface area contributed by atoms with E-state index in [0.717, 1.165) is 10.2 Å². The lowest BCUT2D eigenvalue weighted by Crippen LogP contribution is -2.20. The maximum Gasteiger partial charge on any atom is 0.126 e. The van der Waals surface area contributed by atoms with Crippen molar-refractivity contribution in [1.29, 1.82) is 0 Å². The third-order valence-electron chi connectivity index (χ3n) is 3.03. The van der Waals surface area contributed by atoms with Crippen molar-refractivity contribution in [2.45, 2.75) is 32.4 Å². The largest absolute Gasteiger partial charge is 0.322 e. The molecule has 1 heterocycles. The van der Waals surface area contributed by atoms with E-state index < -0.39 is 0 Å². The normalized spacial score (nSPS) is 12.9. The second-order valence-corrected chi connectivity index (χ2v) is 5.67. The van der Waals surface area contributed by atoms with Crippen LogP contribution in [-0.4, -0.2) is 9.78 Å².